The van der Waals surface area contributed by atoms with Crippen LogP contribution < -0.4 is 0 Å². The van der Waals surface area contributed by atoms with E-state index in [4.69, 9.17) is 4.74 Å². The maximum atomic E-state index is 12.1. The fourth-order valence-corrected chi connectivity index (χ4v) is 2.97. The molecule has 0 heterocycles. The van der Waals surface area contributed by atoms with Crippen molar-refractivity contribution in [1.82, 2.24) is 0 Å². The monoisotopic (exact) mass is 312 g/mol. The number of ether oxygens (including phenoxy) is 1. The molecule has 130 valence electrons. The van der Waals surface area contributed by atoms with Gasteiger partial charge >= 0.3 is 5.97 Å². The summed E-state index contributed by atoms with van der Waals surface area (Å²) in [6.07, 6.45) is 12.6. The topological polar surface area (TPSA) is 43.4 Å². The number of carbonyl (C=O) groups is 2. The molecule has 0 spiro atoms. The van der Waals surface area contributed by atoms with Crippen molar-refractivity contribution in [1.29, 1.82) is 0 Å². The zero-order chi connectivity index (χ0) is 16.8. The lowest BCUT2D eigenvalue weighted by Gasteiger charge is -2.29. The molecule has 0 bridgehead atoms. The fraction of sp³-hybridized carbons (Fsp3) is 0.895. The second-order valence-electron chi connectivity index (χ2n) is 6.93. The molecule has 22 heavy (non-hydrogen) atoms. The van der Waals surface area contributed by atoms with Gasteiger partial charge in [0.05, 0.1) is 0 Å². The molecule has 0 aromatic heterocycles. The van der Waals surface area contributed by atoms with Crippen molar-refractivity contribution in [2.24, 2.45) is 5.41 Å². The van der Waals surface area contributed by atoms with Crippen molar-refractivity contribution < 1.29 is 14.3 Å². The molecule has 3 heteroatoms. The Hall–Kier alpha value is -0.860. The van der Waals surface area contributed by atoms with Crippen molar-refractivity contribution in [2.75, 3.05) is 6.61 Å². The average molecular weight is 312 g/mol. The minimum Gasteiger partial charge on any atom is -0.458 e. The number of esters is 1. The molecule has 0 aliphatic heterocycles. The van der Waals surface area contributed by atoms with Crippen molar-refractivity contribution in [3.63, 3.8) is 0 Å². The second-order valence-corrected chi connectivity index (χ2v) is 6.93. The lowest BCUT2D eigenvalue weighted by molar-refractivity contribution is -0.146. The largest absolute Gasteiger partial charge is 0.458 e. The van der Waals surface area contributed by atoms with E-state index < -0.39 is 0 Å². The van der Waals surface area contributed by atoms with E-state index in [2.05, 4.69) is 20.8 Å². The van der Waals surface area contributed by atoms with Crippen molar-refractivity contribution in [3.8, 4) is 0 Å². The van der Waals surface area contributed by atoms with Gasteiger partial charge < -0.3 is 4.74 Å². The molecule has 3 nitrogen and oxygen atoms in total. The maximum Gasteiger partial charge on any atom is 0.303 e. The number of hydrogen-bond donors (Lipinski definition) is 0. The van der Waals surface area contributed by atoms with Crippen LogP contribution in [-0.2, 0) is 14.3 Å². The number of ketones is 1. The number of unbranched alkanes of at least 4 members (excludes halogenated alkanes) is 6. The van der Waals surface area contributed by atoms with Gasteiger partial charge in [-0.3, -0.25) is 9.59 Å². The fourth-order valence-electron chi connectivity index (χ4n) is 2.97. The van der Waals surface area contributed by atoms with E-state index in [9.17, 15) is 9.59 Å². The van der Waals surface area contributed by atoms with Gasteiger partial charge in [0.2, 0.25) is 0 Å². The van der Waals surface area contributed by atoms with Gasteiger partial charge in [0.25, 0.3) is 0 Å². The molecule has 0 aromatic carbocycles. The highest BCUT2D eigenvalue weighted by atomic mass is 16.5. The lowest BCUT2D eigenvalue weighted by Crippen LogP contribution is -2.24. The van der Waals surface area contributed by atoms with Crippen LogP contribution in [0, 0.1) is 5.41 Å². The summed E-state index contributed by atoms with van der Waals surface area (Å²) >= 11 is 0. The van der Waals surface area contributed by atoms with Crippen LogP contribution >= 0.6 is 0 Å². The van der Waals surface area contributed by atoms with Gasteiger partial charge in [-0.15, -0.1) is 0 Å². The second kappa shape index (κ2) is 12.7. The molecule has 0 N–H and O–H groups in total. The first-order valence-corrected chi connectivity index (χ1v) is 9.08. The molecular weight excluding hydrogens is 276 g/mol. The lowest BCUT2D eigenvalue weighted by atomic mass is 9.76. The molecule has 0 amide bonds. The third-order valence-electron chi connectivity index (χ3n) is 4.33. The predicted octanol–water partition coefficient (Wildman–Crippen LogP) is 5.46. The van der Waals surface area contributed by atoms with Crippen LogP contribution in [0.4, 0.5) is 0 Å². The van der Waals surface area contributed by atoms with E-state index >= 15 is 0 Å². The molecule has 0 atom stereocenters. The van der Waals surface area contributed by atoms with E-state index in [1.807, 2.05) is 0 Å². The van der Waals surface area contributed by atoms with Crippen molar-refractivity contribution in [3.05, 3.63) is 0 Å². The molecule has 0 radical (unpaired) electrons. The molecule has 0 aliphatic carbocycles. The molecule has 0 saturated heterocycles. The van der Waals surface area contributed by atoms with Crippen LogP contribution in [0.5, 0.6) is 0 Å². The predicted molar refractivity (Wildman–Crippen MR) is 91.9 cm³/mol. The number of hydrogen-bond acceptors (Lipinski definition) is 3. The van der Waals surface area contributed by atoms with Gasteiger partial charge in [-0.1, -0.05) is 72.1 Å². The Morgan fingerprint density at radius 2 is 1.36 bits per heavy atom. The Morgan fingerprint density at radius 1 is 0.864 bits per heavy atom. The maximum absolute atomic E-state index is 12.1. The first-order valence-electron chi connectivity index (χ1n) is 9.08. The van der Waals surface area contributed by atoms with Gasteiger partial charge in [0, 0.05) is 13.3 Å². The average Bonchev–Trinajstić information content (AvgIpc) is 2.46. The Kier molecular flexibility index (Phi) is 12.2. The van der Waals surface area contributed by atoms with Crippen LogP contribution in [0.2, 0.25) is 0 Å². The number of rotatable bonds is 14. The van der Waals surface area contributed by atoms with Crippen LogP contribution in [0.1, 0.15) is 98.3 Å². The minimum atomic E-state index is -0.374. The molecule has 0 fully saturated rings. The van der Waals surface area contributed by atoms with Crippen molar-refractivity contribution in [2.45, 2.75) is 98.3 Å². The molecular formula is C19H36O3. The van der Waals surface area contributed by atoms with Gasteiger partial charge in [0.15, 0.2) is 5.78 Å². The summed E-state index contributed by atoms with van der Waals surface area (Å²) < 4.78 is 4.85. The van der Waals surface area contributed by atoms with Gasteiger partial charge in [-0.2, -0.15) is 0 Å². The standard InChI is InChI=1S/C19H36O3/c1-5-7-9-11-13-19(4,14-12-10-8-6-2)15-18(21)16-22-17(3)20/h5-16H2,1-4H3. The van der Waals surface area contributed by atoms with E-state index in [-0.39, 0.29) is 23.8 Å². The summed E-state index contributed by atoms with van der Waals surface area (Å²) in [5, 5.41) is 0. The van der Waals surface area contributed by atoms with Gasteiger partial charge in [-0.05, 0) is 18.3 Å². The highest BCUT2D eigenvalue weighted by molar-refractivity contribution is 5.82. The third kappa shape index (κ3) is 11.8. The van der Waals surface area contributed by atoms with Crippen LogP contribution in [0.15, 0.2) is 0 Å². The number of carbonyl (C=O) groups excluding carboxylic acids is 2. The molecule has 0 rings (SSSR count). The zero-order valence-corrected chi connectivity index (χ0v) is 15.2. The number of Topliss-reactive ketones (excluding diaryl/α,β-unsaturated/α-hetero) is 1. The summed E-state index contributed by atoms with van der Waals surface area (Å²) in [4.78, 5) is 22.9. The minimum absolute atomic E-state index is 0.0590. The Labute approximate surface area is 137 Å². The van der Waals surface area contributed by atoms with Gasteiger partial charge in [0.1, 0.15) is 6.61 Å². The Balaban J connectivity index is 4.34. The summed E-state index contributed by atoms with van der Waals surface area (Å²) in [6, 6.07) is 0. The van der Waals surface area contributed by atoms with Crippen LogP contribution in [-0.4, -0.2) is 18.4 Å². The smallest absolute Gasteiger partial charge is 0.303 e. The van der Waals surface area contributed by atoms with Crippen LogP contribution in [0.25, 0.3) is 0 Å². The Morgan fingerprint density at radius 3 is 1.77 bits per heavy atom. The highest BCUT2D eigenvalue weighted by Crippen LogP contribution is 2.35. The summed E-state index contributed by atoms with van der Waals surface area (Å²) in [5.41, 5.74) is 0.0682. The first kappa shape index (κ1) is 21.1. The molecule has 0 aliphatic rings. The summed E-state index contributed by atoms with van der Waals surface area (Å²) in [7, 11) is 0. The third-order valence-corrected chi connectivity index (χ3v) is 4.33. The quantitative estimate of drug-likeness (QED) is 0.316. The van der Waals surface area contributed by atoms with E-state index in [0.717, 1.165) is 12.8 Å². The zero-order valence-electron chi connectivity index (χ0n) is 15.2. The van der Waals surface area contributed by atoms with E-state index in [0.29, 0.717) is 6.42 Å². The molecule has 0 unspecified atom stereocenters. The Bertz CT molecular complexity index is 298. The normalized spacial score (nSPS) is 11.5. The van der Waals surface area contributed by atoms with E-state index in [1.54, 1.807) is 0 Å². The molecule has 0 aromatic rings. The SMILES string of the molecule is CCCCCCC(C)(CCCCCC)CC(=O)COC(C)=O. The summed E-state index contributed by atoms with van der Waals surface area (Å²) in [6.45, 7) is 7.95. The first-order chi connectivity index (χ1) is 10.4. The molecule has 0 saturated carbocycles. The highest BCUT2D eigenvalue weighted by Gasteiger charge is 2.26. The van der Waals surface area contributed by atoms with Gasteiger partial charge in [-0.25, -0.2) is 0 Å². The summed E-state index contributed by atoms with van der Waals surface area (Å²) in [5.74, 6) is -0.315. The van der Waals surface area contributed by atoms with Crippen molar-refractivity contribution >= 4 is 11.8 Å². The van der Waals surface area contributed by atoms with Crippen LogP contribution in [0.3, 0.4) is 0 Å². The van der Waals surface area contributed by atoms with E-state index in [1.165, 1.54) is 58.3 Å².